The van der Waals surface area contributed by atoms with E-state index in [-0.39, 0.29) is 10.9 Å². The highest BCUT2D eigenvalue weighted by molar-refractivity contribution is 7.90. The summed E-state index contributed by atoms with van der Waals surface area (Å²) in [6, 6.07) is 5.59. The van der Waals surface area contributed by atoms with E-state index < -0.39 is 21.3 Å². The molecule has 130 valence electrons. The van der Waals surface area contributed by atoms with Crippen LogP contribution in [0.25, 0.3) is 0 Å². The molecule has 2 heterocycles. The molecular weight excluding hydrogens is 342 g/mol. The SMILES string of the molecule is CS(=O)(=O)c1ccc(C2NN(C(N)=O)C3=NN=C4CCC=CC432)cc1. The Morgan fingerprint density at radius 2 is 2.04 bits per heavy atom. The van der Waals surface area contributed by atoms with Gasteiger partial charge in [0.1, 0.15) is 5.41 Å². The van der Waals surface area contributed by atoms with Gasteiger partial charge in [0.15, 0.2) is 15.7 Å². The molecule has 0 bridgehead atoms. The topological polar surface area (TPSA) is 117 Å². The Bertz CT molecular complexity index is 948. The van der Waals surface area contributed by atoms with Gasteiger partial charge in [0, 0.05) is 6.26 Å². The zero-order chi connectivity index (χ0) is 17.8. The number of carbonyl (C=O) groups is 1. The van der Waals surface area contributed by atoms with Gasteiger partial charge in [-0.25, -0.2) is 23.6 Å². The number of nitrogens with zero attached hydrogens (tertiary/aromatic N) is 3. The maximum atomic E-state index is 11.8. The van der Waals surface area contributed by atoms with Crippen LogP contribution in [0.5, 0.6) is 0 Å². The van der Waals surface area contributed by atoms with E-state index in [0.717, 1.165) is 24.1 Å². The van der Waals surface area contributed by atoms with E-state index in [1.165, 1.54) is 11.3 Å². The molecule has 1 aromatic carbocycles. The molecule has 1 spiro atoms. The molecular formula is C16H17N5O3S. The van der Waals surface area contributed by atoms with Crippen molar-refractivity contribution in [2.45, 2.75) is 23.8 Å². The minimum atomic E-state index is -3.28. The smallest absolute Gasteiger partial charge is 0.335 e. The molecule has 4 rings (SSSR count). The van der Waals surface area contributed by atoms with Crippen molar-refractivity contribution < 1.29 is 13.2 Å². The van der Waals surface area contributed by atoms with Crippen molar-refractivity contribution >= 4 is 27.4 Å². The summed E-state index contributed by atoms with van der Waals surface area (Å²) in [5.41, 5.74) is 9.62. The fourth-order valence-corrected chi connectivity index (χ4v) is 4.28. The summed E-state index contributed by atoms with van der Waals surface area (Å²) in [7, 11) is -3.28. The number of primary amides is 1. The normalized spacial score (nSPS) is 27.6. The molecule has 0 radical (unpaired) electrons. The summed E-state index contributed by atoms with van der Waals surface area (Å²) in [5, 5.41) is 9.68. The van der Waals surface area contributed by atoms with Crippen LogP contribution in [0.2, 0.25) is 0 Å². The Balaban J connectivity index is 1.82. The average Bonchev–Trinajstić information content (AvgIpc) is 3.08. The average molecular weight is 359 g/mol. The monoisotopic (exact) mass is 359 g/mol. The maximum absolute atomic E-state index is 11.8. The van der Waals surface area contributed by atoms with Gasteiger partial charge in [-0.05, 0) is 30.5 Å². The molecule has 0 aromatic heterocycles. The number of rotatable bonds is 2. The van der Waals surface area contributed by atoms with Gasteiger partial charge in [0.2, 0.25) is 0 Å². The van der Waals surface area contributed by atoms with Crippen LogP contribution in [0.4, 0.5) is 4.79 Å². The van der Waals surface area contributed by atoms with Crippen LogP contribution < -0.4 is 11.2 Å². The molecule has 2 unspecified atom stereocenters. The number of amidine groups is 1. The number of sulfone groups is 1. The largest absolute Gasteiger partial charge is 0.350 e. The Hall–Kier alpha value is -2.52. The van der Waals surface area contributed by atoms with E-state index >= 15 is 0 Å². The van der Waals surface area contributed by atoms with Crippen molar-refractivity contribution in [2.24, 2.45) is 21.4 Å². The Morgan fingerprint density at radius 1 is 1.32 bits per heavy atom. The lowest BCUT2D eigenvalue weighted by molar-refractivity contribution is 0.215. The lowest BCUT2D eigenvalue weighted by Gasteiger charge is -2.31. The summed E-state index contributed by atoms with van der Waals surface area (Å²) in [6.07, 6.45) is 6.82. The lowest BCUT2D eigenvalue weighted by Crippen LogP contribution is -2.45. The molecule has 1 aliphatic carbocycles. The van der Waals surface area contributed by atoms with Crippen molar-refractivity contribution in [3.05, 3.63) is 42.0 Å². The van der Waals surface area contributed by atoms with Crippen LogP contribution in [-0.4, -0.2) is 37.3 Å². The van der Waals surface area contributed by atoms with E-state index in [1.54, 1.807) is 24.3 Å². The molecule has 25 heavy (non-hydrogen) atoms. The molecule has 2 atom stereocenters. The number of carbonyl (C=O) groups excluding carboxylic acids is 1. The fraction of sp³-hybridized carbons (Fsp3) is 0.312. The summed E-state index contributed by atoms with van der Waals surface area (Å²) < 4.78 is 23.4. The molecule has 2 amide bonds. The van der Waals surface area contributed by atoms with E-state index in [1.807, 2.05) is 12.2 Å². The first-order valence-corrected chi connectivity index (χ1v) is 9.72. The zero-order valence-corrected chi connectivity index (χ0v) is 14.3. The van der Waals surface area contributed by atoms with Gasteiger partial charge >= 0.3 is 6.03 Å². The van der Waals surface area contributed by atoms with E-state index in [0.29, 0.717) is 5.84 Å². The minimum absolute atomic E-state index is 0.242. The third kappa shape index (κ3) is 2.23. The van der Waals surface area contributed by atoms with Crippen LogP contribution >= 0.6 is 0 Å². The van der Waals surface area contributed by atoms with Gasteiger partial charge in [-0.3, -0.25) is 0 Å². The number of nitrogens with two attached hydrogens (primary N) is 1. The third-order valence-electron chi connectivity index (χ3n) is 4.83. The van der Waals surface area contributed by atoms with Gasteiger partial charge < -0.3 is 5.73 Å². The molecule has 1 saturated heterocycles. The second-order valence-corrected chi connectivity index (χ2v) is 8.37. The first-order chi connectivity index (χ1) is 11.8. The predicted molar refractivity (Wildman–Crippen MR) is 92.5 cm³/mol. The van der Waals surface area contributed by atoms with E-state index in [2.05, 4.69) is 15.6 Å². The van der Waals surface area contributed by atoms with Gasteiger partial charge in [-0.1, -0.05) is 24.3 Å². The van der Waals surface area contributed by atoms with Crippen LogP contribution in [0, 0.1) is 5.41 Å². The second kappa shape index (κ2) is 5.24. The van der Waals surface area contributed by atoms with Gasteiger partial charge in [-0.15, -0.1) is 5.10 Å². The minimum Gasteiger partial charge on any atom is -0.350 e. The lowest BCUT2D eigenvalue weighted by atomic mass is 9.70. The number of amides is 2. The summed E-state index contributed by atoms with van der Waals surface area (Å²) >= 11 is 0. The van der Waals surface area contributed by atoms with Crippen molar-refractivity contribution in [1.29, 1.82) is 0 Å². The third-order valence-corrected chi connectivity index (χ3v) is 5.96. The van der Waals surface area contributed by atoms with E-state index in [9.17, 15) is 13.2 Å². The highest BCUT2D eigenvalue weighted by Crippen LogP contribution is 2.49. The Morgan fingerprint density at radius 3 is 2.68 bits per heavy atom. The van der Waals surface area contributed by atoms with Crippen molar-refractivity contribution in [3.8, 4) is 0 Å². The fourth-order valence-electron chi connectivity index (χ4n) is 3.65. The highest BCUT2D eigenvalue weighted by atomic mass is 32.2. The number of benzene rings is 1. The summed E-state index contributed by atoms with van der Waals surface area (Å²) in [6.45, 7) is 0. The standard InChI is InChI=1S/C16H17N5O3S/c1-25(23,24)11-7-5-10(6-8-11)13-16-9-3-2-4-12(16)18-19-14(16)21(20-13)15(17)22/h3,5-9,13,20H,2,4H2,1H3,(H2,17,22). The Kier molecular flexibility index (Phi) is 3.35. The van der Waals surface area contributed by atoms with Crippen LogP contribution in [0.1, 0.15) is 24.4 Å². The van der Waals surface area contributed by atoms with Crippen molar-refractivity contribution in [3.63, 3.8) is 0 Å². The number of nitrogens with one attached hydrogen (secondary N) is 1. The molecule has 3 N–H and O–H groups in total. The van der Waals surface area contributed by atoms with Crippen LogP contribution in [0.3, 0.4) is 0 Å². The van der Waals surface area contributed by atoms with Gasteiger partial charge in [-0.2, -0.15) is 5.10 Å². The van der Waals surface area contributed by atoms with Crippen molar-refractivity contribution in [1.82, 2.24) is 10.4 Å². The molecule has 0 saturated carbocycles. The second-order valence-electron chi connectivity index (χ2n) is 6.36. The zero-order valence-electron chi connectivity index (χ0n) is 13.5. The Labute approximate surface area is 145 Å². The maximum Gasteiger partial charge on any atom is 0.335 e. The molecule has 1 fully saturated rings. The number of hydrogen-bond acceptors (Lipinski definition) is 6. The summed E-state index contributed by atoms with van der Waals surface area (Å²) in [5.74, 6) is 0.461. The first-order valence-electron chi connectivity index (χ1n) is 7.83. The summed E-state index contributed by atoms with van der Waals surface area (Å²) in [4.78, 5) is 12.1. The van der Waals surface area contributed by atoms with Gasteiger partial charge in [0.05, 0.1) is 16.6 Å². The number of urea groups is 1. The van der Waals surface area contributed by atoms with Crippen molar-refractivity contribution in [2.75, 3.05) is 6.26 Å². The van der Waals surface area contributed by atoms with Crippen LogP contribution in [0.15, 0.2) is 51.5 Å². The quantitative estimate of drug-likeness (QED) is 0.770. The molecule has 3 aliphatic rings. The number of hydrazine groups is 1. The van der Waals surface area contributed by atoms with Gasteiger partial charge in [0.25, 0.3) is 0 Å². The molecule has 1 aromatic rings. The van der Waals surface area contributed by atoms with E-state index in [4.69, 9.17) is 5.73 Å². The predicted octanol–water partition coefficient (Wildman–Crippen LogP) is 1.13. The number of hydrogen-bond donors (Lipinski definition) is 2. The molecule has 8 nitrogen and oxygen atoms in total. The molecule has 9 heteroatoms. The van der Waals surface area contributed by atoms with Crippen LogP contribution in [-0.2, 0) is 9.84 Å². The highest BCUT2D eigenvalue weighted by Gasteiger charge is 2.58. The number of allylic oxidation sites excluding steroid dienone is 1. The molecule has 2 aliphatic heterocycles. The first kappa shape index (κ1) is 16.0.